The summed E-state index contributed by atoms with van der Waals surface area (Å²) in [6.45, 7) is 1.83. The highest BCUT2D eigenvalue weighted by atomic mass is 79.9. The normalized spacial score (nSPS) is 13.1. The smallest absolute Gasteiger partial charge is 0.370 e. The van der Waals surface area contributed by atoms with Crippen LogP contribution in [-0.2, 0) is 0 Å². The molecule has 0 saturated carbocycles. The molecule has 0 aliphatic heterocycles. The Hall–Kier alpha value is -1.49. The second-order valence-corrected chi connectivity index (χ2v) is 5.46. The van der Waals surface area contributed by atoms with Crippen LogP contribution in [0.15, 0.2) is 53.0 Å². The molecule has 0 amide bonds. The lowest BCUT2D eigenvalue weighted by Crippen LogP contribution is -2.27. The summed E-state index contributed by atoms with van der Waals surface area (Å²) in [5.41, 5.74) is 1.51. The van der Waals surface area contributed by atoms with Gasteiger partial charge in [0, 0.05) is 10.2 Å². The van der Waals surface area contributed by atoms with Gasteiger partial charge in [-0.25, -0.2) is 0 Å². The van der Waals surface area contributed by atoms with E-state index in [2.05, 4.69) is 21.2 Å². The molecule has 0 heterocycles. The first-order valence-corrected chi connectivity index (χ1v) is 6.81. The van der Waals surface area contributed by atoms with Gasteiger partial charge in [-0.3, -0.25) is 0 Å². The van der Waals surface area contributed by atoms with Crippen LogP contribution >= 0.6 is 15.9 Å². The summed E-state index contributed by atoms with van der Waals surface area (Å²) < 4.78 is 40.4. The van der Waals surface area contributed by atoms with Gasteiger partial charge in [0.1, 0.15) is 6.04 Å². The molecule has 1 N–H and O–H groups in total. The van der Waals surface area contributed by atoms with Gasteiger partial charge in [-0.15, -0.1) is 0 Å². The zero-order valence-corrected chi connectivity index (χ0v) is 12.3. The number of alkyl halides is 3. The molecule has 2 rings (SSSR count). The zero-order chi connectivity index (χ0) is 14.8. The third-order valence-electron chi connectivity index (χ3n) is 2.81. The van der Waals surface area contributed by atoms with Crippen LogP contribution in [0.1, 0.15) is 17.2 Å². The molecule has 0 aliphatic rings. The van der Waals surface area contributed by atoms with Crippen LogP contribution in [0.5, 0.6) is 0 Å². The number of benzene rings is 2. The summed E-state index contributed by atoms with van der Waals surface area (Å²) in [6.07, 6.45) is -4.36. The van der Waals surface area contributed by atoms with E-state index < -0.39 is 12.2 Å². The van der Waals surface area contributed by atoms with E-state index in [1.807, 2.05) is 13.0 Å². The van der Waals surface area contributed by atoms with E-state index in [1.165, 1.54) is 12.1 Å². The molecular weight excluding hydrogens is 331 g/mol. The highest BCUT2D eigenvalue weighted by Crippen LogP contribution is 2.36. The maximum Gasteiger partial charge on any atom is 0.412 e. The van der Waals surface area contributed by atoms with E-state index >= 15 is 0 Å². The van der Waals surface area contributed by atoms with Crippen LogP contribution in [0.25, 0.3) is 0 Å². The van der Waals surface area contributed by atoms with E-state index in [9.17, 15) is 13.2 Å². The number of rotatable bonds is 3. The minimum atomic E-state index is -4.36. The van der Waals surface area contributed by atoms with Crippen molar-refractivity contribution < 1.29 is 13.2 Å². The number of anilines is 1. The van der Waals surface area contributed by atoms with Crippen molar-refractivity contribution >= 4 is 21.6 Å². The predicted molar refractivity (Wildman–Crippen MR) is 77.7 cm³/mol. The van der Waals surface area contributed by atoms with Crippen LogP contribution < -0.4 is 5.32 Å². The van der Waals surface area contributed by atoms with Crippen LogP contribution in [0.3, 0.4) is 0 Å². The molecule has 0 aromatic heterocycles. The Morgan fingerprint density at radius 3 is 2.25 bits per heavy atom. The summed E-state index contributed by atoms with van der Waals surface area (Å²) in [6, 6.07) is 11.3. The Morgan fingerprint density at radius 1 is 1.05 bits per heavy atom. The summed E-state index contributed by atoms with van der Waals surface area (Å²) in [7, 11) is 0. The fraction of sp³-hybridized carbons (Fsp3) is 0.200. The monoisotopic (exact) mass is 343 g/mol. The molecule has 1 atom stereocenters. The first-order valence-electron chi connectivity index (χ1n) is 6.01. The molecule has 20 heavy (non-hydrogen) atoms. The van der Waals surface area contributed by atoms with Crippen molar-refractivity contribution in [3.8, 4) is 0 Å². The van der Waals surface area contributed by atoms with E-state index in [0.717, 1.165) is 10.0 Å². The van der Waals surface area contributed by atoms with Crippen LogP contribution in [0, 0.1) is 6.92 Å². The molecule has 1 unspecified atom stereocenters. The van der Waals surface area contributed by atoms with Gasteiger partial charge in [0.15, 0.2) is 0 Å². The van der Waals surface area contributed by atoms with Crippen LogP contribution in [-0.4, -0.2) is 6.18 Å². The fourth-order valence-electron chi connectivity index (χ4n) is 1.99. The number of aryl methyl sites for hydroxylation is 1. The molecule has 0 saturated heterocycles. The van der Waals surface area contributed by atoms with Gasteiger partial charge in [-0.05, 0) is 36.2 Å². The Bertz CT molecular complexity index is 561. The van der Waals surface area contributed by atoms with Crippen molar-refractivity contribution in [2.45, 2.75) is 19.1 Å². The van der Waals surface area contributed by atoms with Crippen molar-refractivity contribution in [3.63, 3.8) is 0 Å². The lowest BCUT2D eigenvalue weighted by atomic mass is 10.1. The summed E-state index contributed by atoms with van der Waals surface area (Å²) in [5.74, 6) is 0. The average Bonchev–Trinajstić information content (AvgIpc) is 2.34. The van der Waals surface area contributed by atoms with Gasteiger partial charge in [-0.1, -0.05) is 46.3 Å². The molecule has 1 nitrogen and oxygen atoms in total. The summed E-state index contributed by atoms with van der Waals surface area (Å²) in [5, 5.41) is 2.56. The SMILES string of the molecule is Cc1cc(Br)cc(NC(c2ccccc2)C(F)(F)F)c1. The Morgan fingerprint density at radius 2 is 1.70 bits per heavy atom. The molecular formula is C15H13BrF3N. The lowest BCUT2D eigenvalue weighted by molar-refractivity contribution is -0.144. The van der Waals surface area contributed by atoms with Gasteiger partial charge in [0.2, 0.25) is 0 Å². The minimum absolute atomic E-state index is 0.192. The molecule has 0 radical (unpaired) electrons. The number of hydrogen-bond acceptors (Lipinski definition) is 1. The standard InChI is InChI=1S/C15H13BrF3N/c1-10-7-12(16)9-13(8-10)20-14(15(17,18)19)11-5-3-2-4-6-11/h2-9,14,20H,1H3. The second-order valence-electron chi connectivity index (χ2n) is 4.55. The van der Waals surface area contributed by atoms with Gasteiger partial charge in [-0.2, -0.15) is 13.2 Å². The molecule has 0 fully saturated rings. The first kappa shape index (κ1) is 14.9. The third kappa shape index (κ3) is 3.76. The molecule has 0 spiro atoms. The topological polar surface area (TPSA) is 12.0 Å². The van der Waals surface area contributed by atoms with Gasteiger partial charge < -0.3 is 5.32 Å². The van der Waals surface area contributed by atoms with Gasteiger partial charge in [0.25, 0.3) is 0 Å². The maximum absolute atomic E-state index is 13.2. The molecule has 0 bridgehead atoms. The predicted octanol–water partition coefficient (Wildman–Crippen LogP) is 5.47. The minimum Gasteiger partial charge on any atom is -0.370 e. The average molecular weight is 344 g/mol. The Labute approximate surface area is 123 Å². The van der Waals surface area contributed by atoms with E-state index in [-0.39, 0.29) is 5.56 Å². The Balaban J connectivity index is 2.34. The zero-order valence-electron chi connectivity index (χ0n) is 10.7. The molecule has 2 aromatic rings. The number of halogens is 4. The van der Waals surface area contributed by atoms with Crippen LogP contribution in [0.2, 0.25) is 0 Å². The number of nitrogens with one attached hydrogen (secondary N) is 1. The molecule has 106 valence electrons. The number of hydrogen-bond donors (Lipinski definition) is 1. The van der Waals surface area contributed by atoms with E-state index in [4.69, 9.17) is 0 Å². The molecule has 2 aromatic carbocycles. The summed E-state index contributed by atoms with van der Waals surface area (Å²) >= 11 is 3.29. The highest BCUT2D eigenvalue weighted by molar-refractivity contribution is 9.10. The van der Waals surface area contributed by atoms with Crippen molar-refractivity contribution in [1.82, 2.24) is 0 Å². The quantitative estimate of drug-likeness (QED) is 0.778. The van der Waals surface area contributed by atoms with Crippen molar-refractivity contribution in [2.75, 3.05) is 5.32 Å². The van der Waals surface area contributed by atoms with E-state index in [0.29, 0.717) is 5.69 Å². The van der Waals surface area contributed by atoms with Crippen molar-refractivity contribution in [2.24, 2.45) is 0 Å². The van der Waals surface area contributed by atoms with E-state index in [1.54, 1.807) is 30.3 Å². The van der Waals surface area contributed by atoms with Crippen molar-refractivity contribution in [1.29, 1.82) is 0 Å². The summed E-state index contributed by atoms with van der Waals surface area (Å²) in [4.78, 5) is 0. The van der Waals surface area contributed by atoms with Gasteiger partial charge in [0.05, 0.1) is 0 Å². The third-order valence-corrected chi connectivity index (χ3v) is 3.27. The fourth-order valence-corrected chi connectivity index (χ4v) is 2.59. The van der Waals surface area contributed by atoms with Crippen molar-refractivity contribution in [3.05, 3.63) is 64.1 Å². The first-order chi connectivity index (χ1) is 9.36. The second kappa shape index (κ2) is 5.87. The maximum atomic E-state index is 13.2. The Kier molecular flexibility index (Phi) is 4.38. The largest absolute Gasteiger partial charge is 0.412 e. The molecule has 0 aliphatic carbocycles. The lowest BCUT2D eigenvalue weighted by Gasteiger charge is -2.23. The molecule has 5 heteroatoms. The van der Waals surface area contributed by atoms with Gasteiger partial charge >= 0.3 is 6.18 Å². The van der Waals surface area contributed by atoms with Crippen LogP contribution in [0.4, 0.5) is 18.9 Å². The highest BCUT2D eigenvalue weighted by Gasteiger charge is 2.40.